The summed E-state index contributed by atoms with van der Waals surface area (Å²) >= 11 is 0. The number of likely N-dealkylation sites (N-methyl/N-ethyl adjacent to an activating group) is 1. The lowest BCUT2D eigenvalue weighted by molar-refractivity contribution is -0.116. The number of nitrogens with one attached hydrogen (secondary N) is 1. The topological polar surface area (TPSA) is 78.6 Å². The van der Waals surface area contributed by atoms with Crippen molar-refractivity contribution >= 4 is 17.3 Å². The highest BCUT2D eigenvalue weighted by atomic mass is 16.3. The molecule has 1 aromatic rings. The molecule has 0 saturated carbocycles. The van der Waals surface area contributed by atoms with Crippen LogP contribution in [0.5, 0.6) is 0 Å². The number of aliphatic hydroxyl groups excluding tert-OH is 1. The number of para-hydroxylation sites is 2. The normalized spacial score (nSPS) is 10.6. The summed E-state index contributed by atoms with van der Waals surface area (Å²) in [6.07, 6.45) is 0.391. The zero-order valence-corrected chi connectivity index (χ0v) is 10.7. The van der Waals surface area contributed by atoms with Crippen LogP contribution in [0.1, 0.15) is 13.3 Å². The van der Waals surface area contributed by atoms with Crippen LogP contribution in [0.3, 0.4) is 0 Å². The second-order valence-electron chi connectivity index (χ2n) is 4.04. The van der Waals surface area contributed by atoms with Gasteiger partial charge in [0, 0.05) is 19.5 Å². The average Bonchev–Trinajstić information content (AvgIpc) is 2.37. The molecule has 1 aromatic carbocycles. The maximum atomic E-state index is 11.7. The number of carbonyl (C=O) groups is 1. The van der Waals surface area contributed by atoms with Crippen LogP contribution >= 0.6 is 0 Å². The fraction of sp³-hybridized carbons (Fsp3) is 0.462. The van der Waals surface area contributed by atoms with Gasteiger partial charge < -0.3 is 21.1 Å². The fourth-order valence-electron chi connectivity index (χ4n) is 1.65. The summed E-state index contributed by atoms with van der Waals surface area (Å²) < 4.78 is 0. The first-order valence-corrected chi connectivity index (χ1v) is 6.15. The van der Waals surface area contributed by atoms with Crippen LogP contribution in [0.4, 0.5) is 11.4 Å². The zero-order valence-electron chi connectivity index (χ0n) is 10.7. The number of hydrogen-bond acceptors (Lipinski definition) is 4. The van der Waals surface area contributed by atoms with Crippen LogP contribution in [0.25, 0.3) is 0 Å². The van der Waals surface area contributed by atoms with Crippen molar-refractivity contribution in [1.29, 1.82) is 0 Å². The van der Waals surface area contributed by atoms with Crippen LogP contribution in [-0.4, -0.2) is 42.2 Å². The van der Waals surface area contributed by atoms with Crippen molar-refractivity contribution < 1.29 is 9.90 Å². The number of anilines is 2. The highest BCUT2D eigenvalue weighted by molar-refractivity contribution is 5.93. The van der Waals surface area contributed by atoms with Crippen molar-refractivity contribution in [3.63, 3.8) is 0 Å². The van der Waals surface area contributed by atoms with Gasteiger partial charge in [0.1, 0.15) is 0 Å². The van der Waals surface area contributed by atoms with Crippen molar-refractivity contribution in [2.45, 2.75) is 13.3 Å². The van der Waals surface area contributed by atoms with E-state index < -0.39 is 0 Å². The number of carbonyl (C=O) groups excluding carboxylic acids is 1. The minimum Gasteiger partial charge on any atom is -0.397 e. The van der Waals surface area contributed by atoms with Crippen molar-refractivity contribution in [2.75, 3.05) is 37.3 Å². The number of benzene rings is 1. The molecule has 18 heavy (non-hydrogen) atoms. The van der Waals surface area contributed by atoms with Gasteiger partial charge in [-0.15, -0.1) is 0 Å². The van der Waals surface area contributed by atoms with Gasteiger partial charge in [-0.25, -0.2) is 0 Å². The summed E-state index contributed by atoms with van der Waals surface area (Å²) in [5.41, 5.74) is 6.95. The van der Waals surface area contributed by atoms with E-state index in [0.717, 1.165) is 6.54 Å². The number of nitrogens with two attached hydrogens (primary N) is 1. The van der Waals surface area contributed by atoms with Crippen molar-refractivity contribution in [1.82, 2.24) is 4.90 Å². The second kappa shape index (κ2) is 7.68. The summed E-state index contributed by atoms with van der Waals surface area (Å²) in [7, 11) is 0. The Kier molecular flexibility index (Phi) is 6.18. The van der Waals surface area contributed by atoms with Crippen LogP contribution in [0, 0.1) is 0 Å². The summed E-state index contributed by atoms with van der Waals surface area (Å²) in [5.74, 6) is -0.0655. The average molecular weight is 251 g/mol. The van der Waals surface area contributed by atoms with Gasteiger partial charge in [0.05, 0.1) is 18.0 Å². The van der Waals surface area contributed by atoms with Gasteiger partial charge in [0.15, 0.2) is 0 Å². The molecule has 0 atom stereocenters. The molecule has 5 heteroatoms. The predicted octanol–water partition coefficient (Wildman–Crippen LogP) is 0.912. The molecule has 0 unspecified atom stereocenters. The van der Waals surface area contributed by atoms with E-state index in [-0.39, 0.29) is 12.5 Å². The highest BCUT2D eigenvalue weighted by Crippen LogP contribution is 2.16. The van der Waals surface area contributed by atoms with E-state index in [1.165, 1.54) is 0 Å². The molecule has 0 fully saturated rings. The summed E-state index contributed by atoms with van der Waals surface area (Å²) in [6, 6.07) is 7.18. The van der Waals surface area contributed by atoms with E-state index in [4.69, 9.17) is 10.8 Å². The second-order valence-corrected chi connectivity index (χ2v) is 4.04. The summed E-state index contributed by atoms with van der Waals surface area (Å²) in [6.45, 7) is 4.16. The Labute approximate surface area is 108 Å². The van der Waals surface area contributed by atoms with Gasteiger partial charge in [-0.05, 0) is 18.7 Å². The number of hydrogen-bond donors (Lipinski definition) is 3. The Balaban J connectivity index is 2.40. The van der Waals surface area contributed by atoms with Crippen LogP contribution in [0.2, 0.25) is 0 Å². The Bertz CT molecular complexity index is 382. The number of amides is 1. The molecule has 5 nitrogen and oxygen atoms in total. The smallest absolute Gasteiger partial charge is 0.225 e. The molecule has 1 rings (SSSR count). The number of aliphatic hydroxyl groups is 1. The first kappa shape index (κ1) is 14.5. The fourth-order valence-corrected chi connectivity index (χ4v) is 1.65. The van der Waals surface area contributed by atoms with E-state index in [9.17, 15) is 4.79 Å². The molecular formula is C13H21N3O2. The van der Waals surface area contributed by atoms with E-state index in [1.807, 2.05) is 24.0 Å². The van der Waals surface area contributed by atoms with Crippen molar-refractivity contribution in [3.05, 3.63) is 24.3 Å². The monoisotopic (exact) mass is 251 g/mol. The molecule has 0 saturated heterocycles. The van der Waals surface area contributed by atoms with Gasteiger partial charge in [-0.2, -0.15) is 0 Å². The van der Waals surface area contributed by atoms with E-state index in [1.54, 1.807) is 12.1 Å². The van der Waals surface area contributed by atoms with Gasteiger partial charge in [-0.1, -0.05) is 19.1 Å². The lowest BCUT2D eigenvalue weighted by Gasteiger charge is -2.18. The standard InChI is InChI=1S/C13H21N3O2/c1-2-16(9-10-17)8-7-13(18)15-12-6-4-3-5-11(12)14/h3-6,17H,2,7-10,14H2,1H3,(H,15,18). The van der Waals surface area contributed by atoms with Crippen LogP contribution < -0.4 is 11.1 Å². The van der Waals surface area contributed by atoms with E-state index >= 15 is 0 Å². The molecule has 1 amide bonds. The van der Waals surface area contributed by atoms with E-state index in [2.05, 4.69) is 5.32 Å². The predicted molar refractivity (Wildman–Crippen MR) is 73.3 cm³/mol. The molecule has 0 aliphatic rings. The molecule has 0 spiro atoms. The Hall–Kier alpha value is -1.59. The van der Waals surface area contributed by atoms with Gasteiger partial charge >= 0.3 is 0 Å². The molecule has 0 heterocycles. The molecule has 4 N–H and O–H groups in total. The van der Waals surface area contributed by atoms with Crippen LogP contribution in [-0.2, 0) is 4.79 Å². The first-order valence-electron chi connectivity index (χ1n) is 6.15. The number of nitrogens with zero attached hydrogens (tertiary/aromatic N) is 1. The third-order valence-corrected chi connectivity index (χ3v) is 2.75. The Morgan fingerprint density at radius 1 is 1.39 bits per heavy atom. The number of nitrogen functional groups attached to an aromatic ring is 1. The Morgan fingerprint density at radius 2 is 2.11 bits per heavy atom. The molecule has 0 aromatic heterocycles. The minimum absolute atomic E-state index is 0.0655. The molecule has 0 radical (unpaired) electrons. The highest BCUT2D eigenvalue weighted by Gasteiger charge is 2.07. The maximum Gasteiger partial charge on any atom is 0.225 e. The van der Waals surface area contributed by atoms with Crippen molar-refractivity contribution in [3.8, 4) is 0 Å². The maximum absolute atomic E-state index is 11.7. The third kappa shape index (κ3) is 4.73. The summed E-state index contributed by atoms with van der Waals surface area (Å²) in [5, 5.41) is 11.6. The Morgan fingerprint density at radius 3 is 2.72 bits per heavy atom. The van der Waals surface area contributed by atoms with Crippen molar-refractivity contribution in [2.24, 2.45) is 0 Å². The SMILES string of the molecule is CCN(CCO)CCC(=O)Nc1ccccc1N. The molecule has 0 aliphatic carbocycles. The molecular weight excluding hydrogens is 230 g/mol. The molecule has 100 valence electrons. The zero-order chi connectivity index (χ0) is 13.4. The van der Waals surface area contributed by atoms with Gasteiger partial charge in [-0.3, -0.25) is 4.79 Å². The summed E-state index contributed by atoms with van der Waals surface area (Å²) in [4.78, 5) is 13.8. The van der Waals surface area contributed by atoms with E-state index in [0.29, 0.717) is 30.9 Å². The van der Waals surface area contributed by atoms with Gasteiger partial charge in [0.2, 0.25) is 5.91 Å². The minimum atomic E-state index is -0.0655. The number of rotatable bonds is 7. The lowest BCUT2D eigenvalue weighted by atomic mass is 10.2. The van der Waals surface area contributed by atoms with Gasteiger partial charge in [0.25, 0.3) is 0 Å². The molecule has 0 aliphatic heterocycles. The third-order valence-electron chi connectivity index (χ3n) is 2.75. The van der Waals surface area contributed by atoms with Crippen LogP contribution in [0.15, 0.2) is 24.3 Å². The lowest BCUT2D eigenvalue weighted by Crippen LogP contribution is -2.30. The first-order chi connectivity index (χ1) is 8.67. The molecule has 0 bridgehead atoms. The largest absolute Gasteiger partial charge is 0.397 e. The quantitative estimate of drug-likeness (QED) is 0.629.